The molecule has 2 fully saturated rings. The van der Waals surface area contributed by atoms with E-state index in [1.807, 2.05) is 19.1 Å². The number of aryl methyl sites for hydroxylation is 1. The van der Waals surface area contributed by atoms with Crippen molar-refractivity contribution >= 4 is 41.1 Å². The molecule has 1 saturated heterocycles. The standard InChI is InChI=1S/C22H26N2O5S/c1-14-9-10-17-16(12-14)22(23(18(25)13-30-22)11-5-8-19(26)27)21(29)24(17)20(28)15-6-3-2-4-7-15/h9-10,12,15H,2-8,11,13H2,1H3,(H,26,27). The topological polar surface area (TPSA) is 95.0 Å². The van der Waals surface area contributed by atoms with Crippen molar-refractivity contribution in [3.63, 3.8) is 0 Å². The lowest BCUT2D eigenvalue weighted by atomic mass is 9.88. The molecule has 4 rings (SSSR count). The lowest BCUT2D eigenvalue weighted by molar-refractivity contribution is -0.140. The second-order valence-corrected chi connectivity index (χ2v) is 9.48. The van der Waals surface area contributed by atoms with E-state index in [0.29, 0.717) is 11.3 Å². The summed E-state index contributed by atoms with van der Waals surface area (Å²) in [7, 11) is 0. The summed E-state index contributed by atoms with van der Waals surface area (Å²) in [6.45, 7) is 2.09. The lowest BCUT2D eigenvalue weighted by Crippen LogP contribution is -2.52. The summed E-state index contributed by atoms with van der Waals surface area (Å²) < 4.78 is 0. The number of thioether (sulfide) groups is 1. The van der Waals surface area contributed by atoms with Crippen LogP contribution in [0.1, 0.15) is 56.1 Å². The molecule has 1 aromatic rings. The average Bonchev–Trinajstić information content (AvgIpc) is 3.18. The molecule has 3 amide bonds. The zero-order valence-corrected chi connectivity index (χ0v) is 17.9. The van der Waals surface area contributed by atoms with Gasteiger partial charge in [-0.15, -0.1) is 11.8 Å². The van der Waals surface area contributed by atoms with Crippen molar-refractivity contribution in [1.82, 2.24) is 4.90 Å². The number of hydrogen-bond donors (Lipinski definition) is 1. The number of imide groups is 1. The number of nitrogens with zero attached hydrogens (tertiary/aromatic N) is 2. The van der Waals surface area contributed by atoms with Crippen molar-refractivity contribution in [2.45, 2.75) is 56.7 Å². The predicted octanol–water partition coefficient (Wildman–Crippen LogP) is 3.04. The summed E-state index contributed by atoms with van der Waals surface area (Å²) >= 11 is 1.24. The van der Waals surface area contributed by atoms with Crippen LogP contribution in [0.4, 0.5) is 5.69 Å². The van der Waals surface area contributed by atoms with E-state index < -0.39 is 10.8 Å². The van der Waals surface area contributed by atoms with Crippen molar-refractivity contribution in [3.05, 3.63) is 29.3 Å². The van der Waals surface area contributed by atoms with E-state index >= 15 is 0 Å². The van der Waals surface area contributed by atoms with Crippen LogP contribution in [0.2, 0.25) is 0 Å². The number of anilines is 1. The van der Waals surface area contributed by atoms with Gasteiger partial charge in [-0.2, -0.15) is 0 Å². The first-order chi connectivity index (χ1) is 14.4. The van der Waals surface area contributed by atoms with Gasteiger partial charge in [0, 0.05) is 24.4 Å². The molecule has 0 radical (unpaired) electrons. The highest BCUT2D eigenvalue weighted by Crippen LogP contribution is 2.55. The molecule has 1 atom stereocenters. The molecule has 1 unspecified atom stereocenters. The third-order valence-corrected chi connectivity index (χ3v) is 7.71. The van der Waals surface area contributed by atoms with E-state index in [1.54, 1.807) is 6.07 Å². The Bertz CT molecular complexity index is 911. The van der Waals surface area contributed by atoms with Crippen molar-refractivity contribution in [2.75, 3.05) is 17.2 Å². The molecular weight excluding hydrogens is 404 g/mol. The lowest BCUT2D eigenvalue weighted by Gasteiger charge is -2.33. The van der Waals surface area contributed by atoms with E-state index in [2.05, 4.69) is 0 Å². The van der Waals surface area contributed by atoms with Gasteiger partial charge in [-0.1, -0.05) is 37.0 Å². The van der Waals surface area contributed by atoms with Gasteiger partial charge in [0.2, 0.25) is 11.8 Å². The predicted molar refractivity (Wildman–Crippen MR) is 113 cm³/mol. The van der Waals surface area contributed by atoms with E-state index in [4.69, 9.17) is 5.11 Å². The van der Waals surface area contributed by atoms with Gasteiger partial charge in [0.05, 0.1) is 11.4 Å². The van der Waals surface area contributed by atoms with Crippen LogP contribution in [-0.4, -0.2) is 46.0 Å². The average molecular weight is 431 g/mol. The zero-order chi connectivity index (χ0) is 21.5. The molecule has 0 aromatic heterocycles. The summed E-state index contributed by atoms with van der Waals surface area (Å²) in [6, 6.07) is 5.57. The van der Waals surface area contributed by atoms with Crippen LogP contribution in [0.25, 0.3) is 0 Å². The molecular formula is C22H26N2O5S. The summed E-state index contributed by atoms with van der Waals surface area (Å²) in [5.74, 6) is -1.73. The highest BCUT2D eigenvalue weighted by Gasteiger charge is 2.61. The molecule has 1 N–H and O–H groups in total. The molecule has 0 bridgehead atoms. The zero-order valence-electron chi connectivity index (χ0n) is 17.1. The maximum absolute atomic E-state index is 13.8. The van der Waals surface area contributed by atoms with E-state index in [9.17, 15) is 19.2 Å². The molecule has 1 aliphatic carbocycles. The quantitative estimate of drug-likeness (QED) is 0.722. The summed E-state index contributed by atoms with van der Waals surface area (Å²) in [5.41, 5.74) is 2.17. The van der Waals surface area contributed by atoms with Crippen LogP contribution < -0.4 is 4.90 Å². The Morgan fingerprint density at radius 3 is 2.63 bits per heavy atom. The number of benzene rings is 1. The first-order valence-corrected chi connectivity index (χ1v) is 11.5. The van der Waals surface area contributed by atoms with Gasteiger partial charge in [-0.05, 0) is 32.3 Å². The molecule has 2 aliphatic heterocycles. The smallest absolute Gasteiger partial charge is 0.303 e. The van der Waals surface area contributed by atoms with Crippen molar-refractivity contribution < 1.29 is 24.3 Å². The van der Waals surface area contributed by atoms with Crippen LogP contribution in [0.5, 0.6) is 0 Å². The van der Waals surface area contributed by atoms with Crippen LogP contribution in [0.15, 0.2) is 18.2 Å². The molecule has 2 heterocycles. The Kier molecular flexibility index (Phi) is 5.61. The van der Waals surface area contributed by atoms with Gasteiger partial charge in [0.1, 0.15) is 0 Å². The van der Waals surface area contributed by atoms with Crippen LogP contribution >= 0.6 is 11.8 Å². The number of amides is 3. The molecule has 7 nitrogen and oxygen atoms in total. The Balaban J connectivity index is 1.74. The molecule has 30 heavy (non-hydrogen) atoms. The fourth-order valence-corrected chi connectivity index (χ4v) is 6.18. The van der Waals surface area contributed by atoms with Crippen molar-refractivity contribution in [3.8, 4) is 0 Å². The Morgan fingerprint density at radius 1 is 1.20 bits per heavy atom. The van der Waals surface area contributed by atoms with E-state index in [-0.39, 0.29) is 48.8 Å². The van der Waals surface area contributed by atoms with Crippen molar-refractivity contribution in [2.24, 2.45) is 5.92 Å². The fourth-order valence-electron chi connectivity index (χ4n) is 4.81. The minimum atomic E-state index is -1.28. The van der Waals surface area contributed by atoms with Crippen LogP contribution in [-0.2, 0) is 24.0 Å². The first-order valence-electron chi connectivity index (χ1n) is 10.5. The molecule has 1 spiro atoms. The number of carbonyl (C=O) groups is 4. The summed E-state index contributed by atoms with van der Waals surface area (Å²) in [5, 5.41) is 8.99. The number of rotatable bonds is 5. The third-order valence-electron chi connectivity index (χ3n) is 6.28. The number of carboxylic acid groups (broad SMARTS) is 1. The fraction of sp³-hybridized carbons (Fsp3) is 0.545. The number of fused-ring (bicyclic) bond motifs is 2. The molecule has 3 aliphatic rings. The van der Waals surface area contributed by atoms with Crippen LogP contribution in [0, 0.1) is 12.8 Å². The largest absolute Gasteiger partial charge is 0.481 e. The van der Waals surface area contributed by atoms with Gasteiger partial charge >= 0.3 is 5.97 Å². The summed E-state index contributed by atoms with van der Waals surface area (Å²) in [6.07, 6.45) is 4.83. The van der Waals surface area contributed by atoms with Crippen molar-refractivity contribution in [1.29, 1.82) is 0 Å². The number of hydrogen-bond acceptors (Lipinski definition) is 5. The Hall–Kier alpha value is -2.35. The molecule has 160 valence electrons. The van der Waals surface area contributed by atoms with Gasteiger partial charge in [0.25, 0.3) is 5.91 Å². The normalized spacial score (nSPS) is 24.0. The third kappa shape index (κ3) is 3.31. The second kappa shape index (κ2) is 8.06. The molecule has 8 heteroatoms. The monoisotopic (exact) mass is 430 g/mol. The number of aliphatic carboxylic acids is 1. The van der Waals surface area contributed by atoms with E-state index in [1.165, 1.54) is 21.6 Å². The maximum Gasteiger partial charge on any atom is 0.303 e. The molecule has 1 aromatic carbocycles. The SMILES string of the molecule is Cc1ccc2c(c1)C1(SCC(=O)N1CCCC(=O)O)C(=O)N2C(=O)C1CCCCC1. The first kappa shape index (κ1) is 20.9. The maximum atomic E-state index is 13.8. The Labute approximate surface area is 179 Å². The van der Waals surface area contributed by atoms with Crippen LogP contribution in [0.3, 0.4) is 0 Å². The number of carboxylic acids is 1. The second-order valence-electron chi connectivity index (χ2n) is 8.31. The summed E-state index contributed by atoms with van der Waals surface area (Å²) in [4.78, 5) is 52.4. The molecule has 1 saturated carbocycles. The Morgan fingerprint density at radius 2 is 1.93 bits per heavy atom. The number of carbonyl (C=O) groups excluding carboxylic acids is 3. The van der Waals surface area contributed by atoms with Gasteiger partial charge in [-0.25, -0.2) is 4.90 Å². The minimum absolute atomic E-state index is 0.0793. The van der Waals surface area contributed by atoms with Gasteiger partial charge < -0.3 is 10.0 Å². The minimum Gasteiger partial charge on any atom is -0.481 e. The van der Waals surface area contributed by atoms with Gasteiger partial charge in [0.15, 0.2) is 4.87 Å². The highest BCUT2D eigenvalue weighted by atomic mass is 32.2. The highest BCUT2D eigenvalue weighted by molar-refractivity contribution is 8.02. The van der Waals surface area contributed by atoms with Gasteiger partial charge in [-0.3, -0.25) is 19.2 Å². The van der Waals surface area contributed by atoms with E-state index in [0.717, 1.165) is 37.7 Å².